The van der Waals surface area contributed by atoms with Crippen LogP contribution in [0.1, 0.15) is 18.3 Å². The number of ether oxygens (including phenoxy) is 1. The zero-order chi connectivity index (χ0) is 19.2. The van der Waals surface area contributed by atoms with Crippen LogP contribution in [-0.2, 0) is 11.3 Å². The number of carbonyl (C=O) groups excluding carboxylic acids is 1. The van der Waals surface area contributed by atoms with Gasteiger partial charge in [-0.25, -0.2) is 19.2 Å². The third kappa shape index (κ3) is 4.84. The molecule has 1 aromatic heterocycles. The molecule has 2 heterocycles. The number of nitrogens with one attached hydrogen (secondary N) is 1. The molecule has 2 aromatic rings. The molecule has 0 radical (unpaired) electrons. The summed E-state index contributed by atoms with van der Waals surface area (Å²) in [7, 11) is 0. The van der Waals surface area contributed by atoms with Crippen molar-refractivity contribution >= 4 is 17.7 Å². The maximum atomic E-state index is 13.8. The predicted molar refractivity (Wildman–Crippen MR) is 101 cm³/mol. The van der Waals surface area contributed by atoms with Crippen molar-refractivity contribution in [3.8, 4) is 0 Å². The molecule has 1 aliphatic heterocycles. The normalized spacial score (nSPS) is 14.2. The summed E-state index contributed by atoms with van der Waals surface area (Å²) < 4.78 is 18.8. The van der Waals surface area contributed by atoms with Crippen molar-refractivity contribution in [3.05, 3.63) is 47.5 Å². The number of aromatic nitrogens is 2. The monoisotopic (exact) mass is 373 g/mol. The molecule has 1 aromatic carbocycles. The molecule has 27 heavy (non-hydrogen) atoms. The van der Waals surface area contributed by atoms with Crippen molar-refractivity contribution in [2.45, 2.75) is 20.4 Å². The minimum atomic E-state index is -0.275. The third-order valence-electron chi connectivity index (χ3n) is 4.37. The first-order chi connectivity index (χ1) is 13.1. The summed E-state index contributed by atoms with van der Waals surface area (Å²) in [5.74, 6) is 1.83. The Morgan fingerprint density at radius 2 is 1.96 bits per heavy atom. The van der Waals surface area contributed by atoms with Crippen LogP contribution in [0, 0.1) is 12.7 Å². The summed E-state index contributed by atoms with van der Waals surface area (Å²) in [6.45, 7) is 6.85. The molecule has 0 aliphatic carbocycles. The number of hydrogen-bond donors (Lipinski definition) is 1. The van der Waals surface area contributed by atoms with E-state index in [1.165, 1.54) is 6.07 Å². The van der Waals surface area contributed by atoms with E-state index in [0.29, 0.717) is 56.5 Å². The lowest BCUT2D eigenvalue weighted by Crippen LogP contribution is -2.49. The maximum Gasteiger partial charge on any atom is 0.409 e. The van der Waals surface area contributed by atoms with Gasteiger partial charge < -0.3 is 19.9 Å². The molecule has 144 valence electrons. The summed E-state index contributed by atoms with van der Waals surface area (Å²) in [6.07, 6.45) is -0.275. The van der Waals surface area contributed by atoms with Crippen molar-refractivity contribution in [1.82, 2.24) is 14.9 Å². The van der Waals surface area contributed by atoms with Crippen LogP contribution < -0.4 is 10.2 Å². The molecule has 1 aliphatic rings. The van der Waals surface area contributed by atoms with E-state index in [1.54, 1.807) is 30.0 Å². The summed E-state index contributed by atoms with van der Waals surface area (Å²) >= 11 is 0. The van der Waals surface area contributed by atoms with Crippen molar-refractivity contribution in [3.63, 3.8) is 0 Å². The largest absolute Gasteiger partial charge is 0.450 e. The van der Waals surface area contributed by atoms with Gasteiger partial charge >= 0.3 is 6.09 Å². The lowest BCUT2D eigenvalue weighted by atomic mass is 10.2. The standard InChI is InChI=1S/C19H24FN5O2/c1-3-27-19(26)25-10-8-24(9-11-25)18-12-17(22-14(2)23-18)21-13-15-6-4-5-7-16(15)20/h4-7,12H,3,8-11,13H2,1-2H3,(H,21,22,23). The van der Waals surface area contributed by atoms with Gasteiger partial charge in [-0.2, -0.15) is 0 Å². The number of halogens is 1. The second-order valence-electron chi connectivity index (χ2n) is 6.28. The van der Waals surface area contributed by atoms with Gasteiger partial charge in [0.05, 0.1) is 6.61 Å². The fraction of sp³-hybridized carbons (Fsp3) is 0.421. The summed E-state index contributed by atoms with van der Waals surface area (Å²) in [5, 5.41) is 3.16. The first-order valence-corrected chi connectivity index (χ1v) is 9.06. The molecule has 0 unspecified atom stereocenters. The first-order valence-electron chi connectivity index (χ1n) is 9.06. The zero-order valence-corrected chi connectivity index (χ0v) is 15.6. The van der Waals surface area contributed by atoms with Gasteiger partial charge in [-0.15, -0.1) is 0 Å². The molecule has 0 atom stereocenters. The van der Waals surface area contributed by atoms with Crippen LogP contribution in [0.15, 0.2) is 30.3 Å². The van der Waals surface area contributed by atoms with Gasteiger partial charge in [0.15, 0.2) is 0 Å². The van der Waals surface area contributed by atoms with Crippen LogP contribution in [0.5, 0.6) is 0 Å². The Balaban J connectivity index is 1.64. The first kappa shape index (κ1) is 18.9. The quantitative estimate of drug-likeness (QED) is 0.869. The van der Waals surface area contributed by atoms with Gasteiger partial charge in [-0.3, -0.25) is 0 Å². The summed E-state index contributed by atoms with van der Waals surface area (Å²) in [4.78, 5) is 24.5. The number of amides is 1. The highest BCUT2D eigenvalue weighted by Crippen LogP contribution is 2.19. The molecule has 1 amide bonds. The Labute approximate surface area is 158 Å². The van der Waals surface area contributed by atoms with Crippen LogP contribution in [0.3, 0.4) is 0 Å². The van der Waals surface area contributed by atoms with Gasteiger partial charge in [0.1, 0.15) is 23.3 Å². The third-order valence-corrected chi connectivity index (χ3v) is 4.37. The highest BCUT2D eigenvalue weighted by Gasteiger charge is 2.23. The van der Waals surface area contributed by atoms with Crippen LogP contribution >= 0.6 is 0 Å². The molecule has 1 fully saturated rings. The molecular weight excluding hydrogens is 349 g/mol. The minimum Gasteiger partial charge on any atom is -0.450 e. The van der Waals surface area contributed by atoms with E-state index < -0.39 is 0 Å². The van der Waals surface area contributed by atoms with Crippen molar-refractivity contribution < 1.29 is 13.9 Å². The molecule has 0 spiro atoms. The highest BCUT2D eigenvalue weighted by molar-refractivity contribution is 5.68. The van der Waals surface area contributed by atoms with E-state index in [4.69, 9.17) is 4.74 Å². The number of aryl methyl sites for hydroxylation is 1. The predicted octanol–water partition coefficient (Wildman–Crippen LogP) is 2.81. The fourth-order valence-electron chi connectivity index (χ4n) is 2.96. The van der Waals surface area contributed by atoms with Crippen LogP contribution in [-0.4, -0.2) is 53.7 Å². The van der Waals surface area contributed by atoms with Crippen LogP contribution in [0.4, 0.5) is 20.8 Å². The Bertz CT molecular complexity index is 793. The zero-order valence-electron chi connectivity index (χ0n) is 15.6. The van der Waals surface area contributed by atoms with E-state index >= 15 is 0 Å². The Kier molecular flexibility index (Phi) is 6.05. The van der Waals surface area contributed by atoms with Gasteiger partial charge in [-0.05, 0) is 19.9 Å². The number of anilines is 2. The van der Waals surface area contributed by atoms with Crippen molar-refractivity contribution in [2.75, 3.05) is 43.0 Å². The number of hydrogen-bond acceptors (Lipinski definition) is 6. The molecule has 0 saturated carbocycles. The van der Waals surface area contributed by atoms with Gasteiger partial charge in [0.25, 0.3) is 0 Å². The van der Waals surface area contributed by atoms with Crippen LogP contribution in [0.25, 0.3) is 0 Å². The number of carbonyl (C=O) groups is 1. The summed E-state index contributed by atoms with van der Waals surface area (Å²) in [5.41, 5.74) is 0.582. The number of nitrogens with zero attached hydrogens (tertiary/aromatic N) is 4. The molecule has 1 saturated heterocycles. The van der Waals surface area contributed by atoms with Gasteiger partial charge in [-0.1, -0.05) is 18.2 Å². The second-order valence-corrected chi connectivity index (χ2v) is 6.28. The lowest BCUT2D eigenvalue weighted by molar-refractivity contribution is 0.105. The van der Waals surface area contributed by atoms with E-state index in [2.05, 4.69) is 20.2 Å². The van der Waals surface area contributed by atoms with Gasteiger partial charge in [0, 0.05) is 44.4 Å². The average Bonchev–Trinajstić information content (AvgIpc) is 2.67. The van der Waals surface area contributed by atoms with Crippen LogP contribution in [0.2, 0.25) is 0 Å². The number of piperazine rings is 1. The number of rotatable bonds is 5. The van der Waals surface area contributed by atoms with Crippen molar-refractivity contribution in [1.29, 1.82) is 0 Å². The molecule has 3 rings (SSSR count). The SMILES string of the molecule is CCOC(=O)N1CCN(c2cc(NCc3ccccc3F)nc(C)n2)CC1. The summed E-state index contributed by atoms with van der Waals surface area (Å²) in [6, 6.07) is 8.51. The topological polar surface area (TPSA) is 70.6 Å². The Morgan fingerprint density at radius 3 is 2.67 bits per heavy atom. The second kappa shape index (κ2) is 8.66. The molecule has 7 nitrogen and oxygen atoms in total. The molecule has 1 N–H and O–H groups in total. The average molecular weight is 373 g/mol. The van der Waals surface area contributed by atoms with E-state index in [1.807, 2.05) is 13.0 Å². The minimum absolute atomic E-state index is 0.244. The Morgan fingerprint density at radius 1 is 1.22 bits per heavy atom. The molecular formula is C19H24FN5O2. The number of benzene rings is 1. The van der Waals surface area contributed by atoms with E-state index in [9.17, 15) is 9.18 Å². The van der Waals surface area contributed by atoms with Gasteiger partial charge in [0.2, 0.25) is 0 Å². The fourth-order valence-corrected chi connectivity index (χ4v) is 2.96. The Hall–Kier alpha value is -2.90. The maximum absolute atomic E-state index is 13.8. The van der Waals surface area contributed by atoms with E-state index in [0.717, 1.165) is 5.82 Å². The lowest BCUT2D eigenvalue weighted by Gasteiger charge is -2.34. The smallest absolute Gasteiger partial charge is 0.409 e. The van der Waals surface area contributed by atoms with Crippen molar-refractivity contribution in [2.24, 2.45) is 0 Å². The molecule has 8 heteroatoms. The van der Waals surface area contributed by atoms with E-state index in [-0.39, 0.29) is 11.9 Å². The molecule has 0 bridgehead atoms. The highest BCUT2D eigenvalue weighted by atomic mass is 19.1.